The topological polar surface area (TPSA) is 89.1 Å². The highest BCUT2D eigenvalue weighted by Crippen LogP contribution is 2.25. The van der Waals surface area contributed by atoms with Crippen LogP contribution in [-0.4, -0.2) is 52.4 Å². The minimum absolute atomic E-state index is 0.148. The monoisotopic (exact) mass is 410 g/mol. The van der Waals surface area contributed by atoms with Gasteiger partial charge in [0, 0.05) is 35.7 Å². The highest BCUT2D eigenvalue weighted by atomic mass is 32.1. The highest BCUT2D eigenvalue weighted by Gasteiger charge is 2.22. The third-order valence-corrected chi connectivity index (χ3v) is 5.69. The van der Waals surface area contributed by atoms with Gasteiger partial charge in [-0.25, -0.2) is 4.98 Å². The molecule has 1 aliphatic rings. The molecule has 1 fully saturated rings. The van der Waals surface area contributed by atoms with Crippen LogP contribution in [0.1, 0.15) is 26.7 Å². The fraction of sp³-hybridized carbons (Fsp3) is 0.250. The fourth-order valence-corrected chi connectivity index (χ4v) is 4.27. The van der Waals surface area contributed by atoms with Crippen molar-refractivity contribution in [2.45, 2.75) is 6.92 Å². The number of ether oxygens (including phenoxy) is 1. The Hall–Kier alpha value is -3.17. The van der Waals surface area contributed by atoms with Crippen molar-refractivity contribution in [3.05, 3.63) is 53.0 Å². The van der Waals surface area contributed by atoms with Gasteiger partial charge in [0.25, 0.3) is 11.8 Å². The molecule has 1 saturated heterocycles. The smallest absolute Gasteiger partial charge is 0.289 e. The second kappa shape index (κ2) is 7.02. The molecule has 0 spiro atoms. The lowest BCUT2D eigenvalue weighted by atomic mass is 10.2. The molecule has 8 nitrogen and oxygen atoms in total. The number of carbonyl (C=O) groups is 2. The van der Waals surface area contributed by atoms with Gasteiger partial charge in [0.15, 0.2) is 10.7 Å². The third-order valence-electron chi connectivity index (χ3n) is 4.93. The van der Waals surface area contributed by atoms with E-state index in [2.05, 4.69) is 10.3 Å². The summed E-state index contributed by atoms with van der Waals surface area (Å²) in [5.41, 5.74) is 2.41. The number of fused-ring (bicyclic) bond motifs is 2. The zero-order valence-electron chi connectivity index (χ0n) is 15.7. The SMILES string of the molecule is Cc1nc2sccn2c1C(=O)Nc1ccc2oc(C(=O)N3CCOCC3)cc2c1. The first kappa shape index (κ1) is 17.9. The van der Waals surface area contributed by atoms with Gasteiger partial charge in [-0.2, -0.15) is 0 Å². The number of furan rings is 1. The number of anilines is 1. The van der Waals surface area contributed by atoms with Crippen LogP contribution in [0.2, 0.25) is 0 Å². The summed E-state index contributed by atoms with van der Waals surface area (Å²) in [4.78, 5) is 32.3. The van der Waals surface area contributed by atoms with Gasteiger partial charge in [0.1, 0.15) is 11.3 Å². The predicted molar refractivity (Wildman–Crippen MR) is 109 cm³/mol. The average Bonchev–Trinajstić information content (AvgIpc) is 3.41. The number of aromatic nitrogens is 2. The molecule has 0 saturated carbocycles. The summed E-state index contributed by atoms with van der Waals surface area (Å²) in [6.45, 7) is 4.00. The Morgan fingerprint density at radius 2 is 2.03 bits per heavy atom. The standard InChI is InChI=1S/C20H18N4O4S/c1-12-17(24-6-9-29-20(24)21-12)18(25)22-14-2-3-15-13(10-14)11-16(28-15)19(26)23-4-7-27-8-5-23/h2-3,6,9-11H,4-5,7-8H2,1H3,(H,22,25). The summed E-state index contributed by atoms with van der Waals surface area (Å²) in [5, 5.41) is 5.56. The number of imidazole rings is 1. The van der Waals surface area contributed by atoms with Crippen LogP contribution in [0.4, 0.5) is 5.69 Å². The van der Waals surface area contributed by atoms with Crippen LogP contribution >= 0.6 is 11.3 Å². The third kappa shape index (κ3) is 3.18. The molecule has 0 atom stereocenters. The Morgan fingerprint density at radius 3 is 2.86 bits per heavy atom. The van der Waals surface area contributed by atoms with Gasteiger partial charge >= 0.3 is 0 Å². The van der Waals surface area contributed by atoms with Crippen molar-refractivity contribution in [3.8, 4) is 0 Å². The van der Waals surface area contributed by atoms with Crippen LogP contribution in [0.3, 0.4) is 0 Å². The maximum Gasteiger partial charge on any atom is 0.289 e. The summed E-state index contributed by atoms with van der Waals surface area (Å²) < 4.78 is 12.8. The highest BCUT2D eigenvalue weighted by molar-refractivity contribution is 7.15. The van der Waals surface area contributed by atoms with E-state index in [1.165, 1.54) is 11.3 Å². The van der Waals surface area contributed by atoms with Crippen LogP contribution in [0.25, 0.3) is 15.9 Å². The zero-order valence-corrected chi connectivity index (χ0v) is 16.5. The van der Waals surface area contributed by atoms with Gasteiger partial charge < -0.3 is 19.4 Å². The minimum atomic E-state index is -0.235. The molecular formula is C20H18N4O4S. The van der Waals surface area contributed by atoms with Gasteiger partial charge in [-0.1, -0.05) is 0 Å². The second-order valence-electron chi connectivity index (χ2n) is 6.82. The molecule has 4 heterocycles. The fourth-order valence-electron chi connectivity index (χ4n) is 3.51. The molecular weight excluding hydrogens is 392 g/mol. The minimum Gasteiger partial charge on any atom is -0.451 e. The van der Waals surface area contributed by atoms with Crippen molar-refractivity contribution in [2.75, 3.05) is 31.6 Å². The van der Waals surface area contributed by atoms with Crippen LogP contribution in [0.15, 0.2) is 40.3 Å². The number of nitrogens with one attached hydrogen (secondary N) is 1. The molecule has 2 amide bonds. The van der Waals surface area contributed by atoms with Crippen LogP contribution in [0, 0.1) is 6.92 Å². The molecule has 1 N–H and O–H groups in total. The van der Waals surface area contributed by atoms with E-state index in [9.17, 15) is 9.59 Å². The van der Waals surface area contributed by atoms with Crippen molar-refractivity contribution >= 4 is 44.8 Å². The van der Waals surface area contributed by atoms with Crippen molar-refractivity contribution in [1.29, 1.82) is 0 Å². The summed E-state index contributed by atoms with van der Waals surface area (Å²) in [5.74, 6) is -0.0947. The van der Waals surface area contributed by atoms with E-state index >= 15 is 0 Å². The Morgan fingerprint density at radius 1 is 1.21 bits per heavy atom. The number of hydrogen-bond acceptors (Lipinski definition) is 6. The van der Waals surface area contributed by atoms with E-state index in [0.29, 0.717) is 49.0 Å². The Bertz CT molecular complexity index is 1230. The van der Waals surface area contributed by atoms with Gasteiger partial charge in [0.2, 0.25) is 0 Å². The number of amides is 2. The predicted octanol–water partition coefficient (Wildman–Crippen LogP) is 3.18. The number of thiazole rings is 1. The molecule has 4 aromatic rings. The Labute approximate surface area is 169 Å². The number of benzene rings is 1. The largest absolute Gasteiger partial charge is 0.451 e. The average molecular weight is 410 g/mol. The maximum absolute atomic E-state index is 12.8. The van der Waals surface area contributed by atoms with E-state index in [1.807, 2.05) is 18.5 Å². The molecule has 148 valence electrons. The van der Waals surface area contributed by atoms with Gasteiger partial charge in [0.05, 0.1) is 18.9 Å². The molecule has 1 aliphatic heterocycles. The molecule has 9 heteroatoms. The van der Waals surface area contributed by atoms with Crippen LogP contribution in [0.5, 0.6) is 0 Å². The Kier molecular flexibility index (Phi) is 4.33. The number of nitrogens with zero attached hydrogens (tertiary/aromatic N) is 3. The van der Waals surface area contributed by atoms with E-state index in [0.717, 1.165) is 10.3 Å². The van der Waals surface area contributed by atoms with Crippen LogP contribution in [-0.2, 0) is 4.74 Å². The van der Waals surface area contributed by atoms with Crippen molar-refractivity contribution in [1.82, 2.24) is 14.3 Å². The summed E-state index contributed by atoms with van der Waals surface area (Å²) in [6, 6.07) is 7.02. The normalized spacial score (nSPS) is 14.6. The molecule has 0 bridgehead atoms. The first-order valence-electron chi connectivity index (χ1n) is 9.24. The number of hydrogen-bond donors (Lipinski definition) is 1. The van der Waals surface area contributed by atoms with E-state index in [4.69, 9.17) is 9.15 Å². The number of morpholine rings is 1. The number of rotatable bonds is 3. The second-order valence-corrected chi connectivity index (χ2v) is 7.70. The first-order valence-corrected chi connectivity index (χ1v) is 10.1. The molecule has 5 rings (SSSR count). The van der Waals surface area contributed by atoms with E-state index in [1.54, 1.807) is 33.6 Å². The van der Waals surface area contributed by atoms with Crippen molar-refractivity contribution < 1.29 is 18.7 Å². The summed E-state index contributed by atoms with van der Waals surface area (Å²) in [7, 11) is 0. The maximum atomic E-state index is 12.8. The number of carbonyl (C=O) groups excluding carboxylic acids is 2. The molecule has 0 unspecified atom stereocenters. The van der Waals surface area contributed by atoms with Gasteiger partial charge in [-0.05, 0) is 31.2 Å². The molecule has 1 aromatic carbocycles. The molecule has 0 aliphatic carbocycles. The van der Waals surface area contributed by atoms with Gasteiger partial charge in [-0.3, -0.25) is 14.0 Å². The van der Waals surface area contributed by atoms with E-state index < -0.39 is 0 Å². The quantitative estimate of drug-likeness (QED) is 0.560. The molecule has 0 radical (unpaired) electrons. The Balaban J connectivity index is 1.40. The summed E-state index contributed by atoms with van der Waals surface area (Å²) in [6.07, 6.45) is 1.83. The lowest BCUT2D eigenvalue weighted by molar-refractivity contribution is 0.0284. The first-order chi connectivity index (χ1) is 14.1. The van der Waals surface area contributed by atoms with Gasteiger partial charge in [-0.15, -0.1) is 11.3 Å². The van der Waals surface area contributed by atoms with Crippen molar-refractivity contribution in [2.24, 2.45) is 0 Å². The lowest BCUT2D eigenvalue weighted by Crippen LogP contribution is -2.40. The number of aryl methyl sites for hydroxylation is 1. The van der Waals surface area contributed by atoms with E-state index in [-0.39, 0.29) is 17.6 Å². The molecule has 3 aromatic heterocycles. The zero-order chi connectivity index (χ0) is 20.0. The lowest BCUT2D eigenvalue weighted by Gasteiger charge is -2.25. The summed E-state index contributed by atoms with van der Waals surface area (Å²) >= 11 is 1.48. The molecule has 29 heavy (non-hydrogen) atoms. The van der Waals surface area contributed by atoms with Crippen molar-refractivity contribution in [3.63, 3.8) is 0 Å². The van der Waals surface area contributed by atoms with Crippen LogP contribution < -0.4 is 5.32 Å².